The number of piperidine rings is 1. The van der Waals surface area contributed by atoms with Crippen LogP contribution in [-0.2, 0) is 24.4 Å². The van der Waals surface area contributed by atoms with E-state index in [-0.39, 0.29) is 23.8 Å². The summed E-state index contributed by atoms with van der Waals surface area (Å²) in [4.78, 5) is 23.2. The van der Waals surface area contributed by atoms with Gasteiger partial charge in [0.05, 0.1) is 54.0 Å². The number of likely N-dealkylation sites (tertiary alicyclic amines) is 1. The number of aromatic nitrogens is 3. The number of aromatic carboxylic acids is 1. The summed E-state index contributed by atoms with van der Waals surface area (Å²) in [5.41, 5.74) is 2.48. The number of carboxylic acid groups (broad SMARTS) is 1. The van der Waals surface area contributed by atoms with Gasteiger partial charge in [0.1, 0.15) is 18.2 Å². The van der Waals surface area contributed by atoms with Crippen LogP contribution in [0.25, 0.3) is 11.0 Å². The molecule has 1 atom stereocenters. The number of imidazole rings is 1. The Kier molecular flexibility index (Phi) is 8.49. The molecule has 0 bridgehead atoms. The predicted octanol–water partition coefficient (Wildman–Crippen LogP) is 4.80. The zero-order valence-electron chi connectivity index (χ0n) is 23.6. The van der Waals surface area contributed by atoms with Crippen molar-refractivity contribution in [3.63, 3.8) is 0 Å². The van der Waals surface area contributed by atoms with Gasteiger partial charge in [0.2, 0.25) is 11.8 Å². The third-order valence-electron chi connectivity index (χ3n) is 8.05. The smallest absolute Gasteiger partial charge is 0.335 e. The molecule has 2 aliphatic heterocycles. The Labute approximate surface area is 248 Å². The van der Waals surface area contributed by atoms with E-state index in [0.29, 0.717) is 42.9 Å². The number of halogens is 1. The van der Waals surface area contributed by atoms with E-state index in [1.54, 1.807) is 42.5 Å². The highest BCUT2D eigenvalue weighted by Gasteiger charge is 2.25. The number of nitriles is 1. The standard InChI is InChI=1S/C32H32FN5O5/c33-26-14-22(16-34)4-5-24(26)20-43-31-3-1-2-30(36-31)42-19-21-8-11-37(12-9-21)18-29-35-27-7-6-23(32(39)40)15-28(27)38(29)17-25-10-13-41-25/h1-7,14-15,21,25H,8-13,17-20H2,(H,39,40)/t25-/m0/s1. The van der Waals surface area contributed by atoms with Crippen molar-refractivity contribution in [3.8, 4) is 17.8 Å². The van der Waals surface area contributed by atoms with Crippen LogP contribution in [0.4, 0.5) is 4.39 Å². The summed E-state index contributed by atoms with van der Waals surface area (Å²) in [6.07, 6.45) is 3.04. The number of rotatable bonds is 11. The van der Waals surface area contributed by atoms with E-state index in [4.69, 9.17) is 24.5 Å². The minimum absolute atomic E-state index is 0.00530. The van der Waals surface area contributed by atoms with Gasteiger partial charge in [-0.2, -0.15) is 10.2 Å². The Morgan fingerprint density at radius 3 is 2.56 bits per heavy atom. The van der Waals surface area contributed by atoms with Gasteiger partial charge in [-0.1, -0.05) is 12.1 Å². The molecular formula is C32H32FN5O5. The molecule has 11 heteroatoms. The number of carboxylic acids is 1. The molecule has 2 aromatic heterocycles. The van der Waals surface area contributed by atoms with Crippen molar-refractivity contribution in [2.75, 3.05) is 26.3 Å². The van der Waals surface area contributed by atoms with E-state index in [0.717, 1.165) is 55.8 Å². The molecule has 2 saturated heterocycles. The Morgan fingerprint density at radius 1 is 1.07 bits per heavy atom. The fourth-order valence-electron chi connectivity index (χ4n) is 5.42. The lowest BCUT2D eigenvalue weighted by Gasteiger charge is -2.32. The molecule has 222 valence electrons. The van der Waals surface area contributed by atoms with Gasteiger partial charge >= 0.3 is 5.97 Å². The second kappa shape index (κ2) is 12.8. The number of carbonyl (C=O) groups is 1. The Morgan fingerprint density at radius 2 is 1.86 bits per heavy atom. The van der Waals surface area contributed by atoms with Gasteiger partial charge < -0.3 is 23.9 Å². The minimum Gasteiger partial charge on any atom is -0.478 e. The van der Waals surface area contributed by atoms with Gasteiger partial charge in [-0.05, 0) is 68.6 Å². The van der Waals surface area contributed by atoms with E-state index >= 15 is 0 Å². The maximum atomic E-state index is 14.2. The summed E-state index contributed by atoms with van der Waals surface area (Å²) in [5.74, 6) is 0.637. The van der Waals surface area contributed by atoms with Crippen LogP contribution in [0.1, 0.15) is 46.6 Å². The molecule has 4 aromatic rings. The molecule has 0 radical (unpaired) electrons. The summed E-state index contributed by atoms with van der Waals surface area (Å²) in [6.45, 7) is 4.41. The van der Waals surface area contributed by atoms with Crippen molar-refractivity contribution in [2.45, 2.75) is 45.1 Å². The number of benzene rings is 2. The van der Waals surface area contributed by atoms with Crippen LogP contribution in [0.3, 0.4) is 0 Å². The predicted molar refractivity (Wildman–Crippen MR) is 154 cm³/mol. The third-order valence-corrected chi connectivity index (χ3v) is 8.05. The molecule has 0 unspecified atom stereocenters. The lowest BCUT2D eigenvalue weighted by Crippen LogP contribution is -2.37. The van der Waals surface area contributed by atoms with Gasteiger partial charge in [0, 0.05) is 24.3 Å². The van der Waals surface area contributed by atoms with E-state index in [1.807, 2.05) is 6.07 Å². The van der Waals surface area contributed by atoms with Gasteiger partial charge in [-0.3, -0.25) is 4.90 Å². The summed E-state index contributed by atoms with van der Waals surface area (Å²) < 4.78 is 33.6. The summed E-state index contributed by atoms with van der Waals surface area (Å²) in [7, 11) is 0. The summed E-state index contributed by atoms with van der Waals surface area (Å²) in [6, 6.07) is 16.5. The van der Waals surface area contributed by atoms with Gasteiger partial charge in [0.15, 0.2) is 0 Å². The normalized spacial score (nSPS) is 17.3. The number of hydrogen-bond donors (Lipinski definition) is 1. The fraction of sp³-hybridized carbons (Fsp3) is 0.375. The van der Waals surface area contributed by atoms with Crippen LogP contribution in [0.5, 0.6) is 11.8 Å². The molecule has 1 N–H and O–H groups in total. The number of hydrogen-bond acceptors (Lipinski definition) is 8. The largest absolute Gasteiger partial charge is 0.478 e. The van der Waals surface area contributed by atoms with E-state index in [9.17, 15) is 14.3 Å². The molecule has 0 spiro atoms. The lowest BCUT2D eigenvalue weighted by molar-refractivity contribution is -0.0592. The first-order valence-electron chi connectivity index (χ1n) is 14.4. The lowest BCUT2D eigenvalue weighted by atomic mass is 9.98. The van der Waals surface area contributed by atoms with Crippen LogP contribution >= 0.6 is 0 Å². The molecule has 2 aliphatic rings. The summed E-state index contributed by atoms with van der Waals surface area (Å²) in [5, 5.41) is 18.4. The van der Waals surface area contributed by atoms with Crippen molar-refractivity contribution in [1.82, 2.24) is 19.4 Å². The Hall–Kier alpha value is -4.53. The average molecular weight is 586 g/mol. The van der Waals surface area contributed by atoms with Crippen LogP contribution in [-0.4, -0.2) is 62.9 Å². The molecule has 6 rings (SSSR count). The first-order chi connectivity index (χ1) is 20.9. The Balaban J connectivity index is 1.02. The molecule has 2 fully saturated rings. The first-order valence-corrected chi connectivity index (χ1v) is 14.4. The molecule has 0 aliphatic carbocycles. The number of ether oxygens (including phenoxy) is 3. The zero-order chi connectivity index (χ0) is 29.8. The fourth-order valence-corrected chi connectivity index (χ4v) is 5.42. The Bertz CT molecular complexity index is 1660. The van der Waals surface area contributed by atoms with E-state index in [2.05, 4.69) is 14.5 Å². The second-order valence-corrected chi connectivity index (χ2v) is 11.0. The van der Waals surface area contributed by atoms with Crippen LogP contribution in [0.15, 0.2) is 54.6 Å². The van der Waals surface area contributed by atoms with Crippen molar-refractivity contribution in [2.24, 2.45) is 5.92 Å². The minimum atomic E-state index is -0.951. The summed E-state index contributed by atoms with van der Waals surface area (Å²) >= 11 is 0. The SMILES string of the molecule is N#Cc1ccc(COc2cccc(OCC3CCN(Cc4nc5ccc(C(=O)O)cc5n4C[C@@H]4CCO4)CC3)n2)c(F)c1. The highest BCUT2D eigenvalue weighted by molar-refractivity contribution is 5.92. The highest BCUT2D eigenvalue weighted by Crippen LogP contribution is 2.26. The maximum Gasteiger partial charge on any atom is 0.335 e. The van der Waals surface area contributed by atoms with Gasteiger partial charge in [0.25, 0.3) is 0 Å². The third kappa shape index (κ3) is 6.77. The number of nitrogens with zero attached hydrogens (tertiary/aromatic N) is 5. The molecule has 43 heavy (non-hydrogen) atoms. The van der Waals surface area contributed by atoms with E-state index < -0.39 is 11.8 Å². The highest BCUT2D eigenvalue weighted by atomic mass is 19.1. The molecule has 0 amide bonds. The average Bonchev–Trinajstić information content (AvgIpc) is 3.33. The van der Waals surface area contributed by atoms with Crippen molar-refractivity contribution in [3.05, 3.63) is 82.9 Å². The van der Waals surface area contributed by atoms with Crippen LogP contribution in [0, 0.1) is 23.1 Å². The maximum absolute atomic E-state index is 14.2. The molecule has 4 heterocycles. The van der Waals surface area contributed by atoms with Gasteiger partial charge in [-0.15, -0.1) is 0 Å². The van der Waals surface area contributed by atoms with Crippen molar-refractivity contribution in [1.29, 1.82) is 5.26 Å². The van der Waals surface area contributed by atoms with Crippen molar-refractivity contribution >= 4 is 17.0 Å². The molecule has 10 nitrogen and oxygen atoms in total. The van der Waals surface area contributed by atoms with Crippen molar-refractivity contribution < 1.29 is 28.5 Å². The van der Waals surface area contributed by atoms with Crippen LogP contribution < -0.4 is 9.47 Å². The van der Waals surface area contributed by atoms with Crippen LogP contribution in [0.2, 0.25) is 0 Å². The topological polar surface area (TPSA) is 123 Å². The molecule has 0 saturated carbocycles. The monoisotopic (exact) mass is 585 g/mol. The zero-order valence-corrected chi connectivity index (χ0v) is 23.6. The molecule has 2 aromatic carbocycles. The number of pyridine rings is 1. The quantitative estimate of drug-likeness (QED) is 0.264. The van der Waals surface area contributed by atoms with E-state index in [1.165, 1.54) is 12.1 Å². The van der Waals surface area contributed by atoms with Gasteiger partial charge in [-0.25, -0.2) is 14.2 Å². The molecular weight excluding hydrogens is 553 g/mol. The first kappa shape index (κ1) is 28.6. The number of fused-ring (bicyclic) bond motifs is 1. The second-order valence-electron chi connectivity index (χ2n) is 11.0.